The molecule has 0 saturated heterocycles. The van der Waals surface area contributed by atoms with Gasteiger partial charge in [-0.3, -0.25) is 4.79 Å². The average Bonchev–Trinajstić information content (AvgIpc) is 2.25. The lowest BCUT2D eigenvalue weighted by atomic mass is 9.59. The largest absolute Gasteiger partial charge is 0.466 e. The number of hydrogen-bond acceptors (Lipinski definition) is 4. The highest BCUT2D eigenvalue weighted by Crippen LogP contribution is 2.47. The van der Waals surface area contributed by atoms with Crippen molar-refractivity contribution in [1.82, 2.24) is 0 Å². The van der Waals surface area contributed by atoms with Crippen LogP contribution in [-0.2, 0) is 14.3 Å². The van der Waals surface area contributed by atoms with Crippen LogP contribution in [0.2, 0.25) is 0 Å². The molecule has 0 aromatic heterocycles. The molecule has 0 saturated carbocycles. The second kappa shape index (κ2) is 3.04. The van der Waals surface area contributed by atoms with Crippen molar-refractivity contribution in [3.63, 3.8) is 0 Å². The van der Waals surface area contributed by atoms with Crippen LogP contribution >= 0.6 is 0 Å². The highest BCUT2D eigenvalue weighted by atomic mass is 16.5. The number of ether oxygens (including phenoxy) is 1. The van der Waals surface area contributed by atoms with Crippen LogP contribution in [0.15, 0.2) is 23.8 Å². The first kappa shape index (κ1) is 11.1. The maximum atomic E-state index is 12.1. The predicted octanol–water partition coefficient (Wildman–Crippen LogP) is 0.612. The van der Waals surface area contributed by atoms with Crippen LogP contribution in [0, 0.1) is 11.3 Å². The third-order valence-electron chi connectivity index (χ3n) is 3.53. The van der Waals surface area contributed by atoms with E-state index >= 15 is 0 Å². The van der Waals surface area contributed by atoms with Gasteiger partial charge in [0.1, 0.15) is 5.60 Å². The van der Waals surface area contributed by atoms with Crippen LogP contribution in [0.5, 0.6) is 0 Å². The molecule has 3 atom stereocenters. The molecule has 16 heavy (non-hydrogen) atoms. The summed E-state index contributed by atoms with van der Waals surface area (Å²) >= 11 is 0. The summed E-state index contributed by atoms with van der Waals surface area (Å²) in [5.41, 5.74) is -2.18. The highest BCUT2D eigenvalue weighted by Gasteiger charge is 2.56. The lowest BCUT2D eigenvalue weighted by molar-refractivity contribution is -0.150. The Labute approximate surface area is 93.6 Å². The fourth-order valence-electron chi connectivity index (χ4n) is 2.41. The van der Waals surface area contributed by atoms with Crippen LogP contribution in [-0.4, -0.2) is 29.6 Å². The van der Waals surface area contributed by atoms with Crippen LogP contribution in [0.25, 0.3) is 0 Å². The number of carbonyl (C=O) groups is 2. The molecule has 0 aromatic carbocycles. The number of methoxy groups -OCH3 is 1. The van der Waals surface area contributed by atoms with Gasteiger partial charge in [-0.05, 0) is 13.8 Å². The summed E-state index contributed by atoms with van der Waals surface area (Å²) in [6, 6.07) is 0. The fraction of sp³-hybridized carbons (Fsp3) is 0.500. The Hall–Kier alpha value is -1.42. The van der Waals surface area contributed by atoms with Crippen molar-refractivity contribution in [2.24, 2.45) is 11.3 Å². The van der Waals surface area contributed by atoms with Crippen molar-refractivity contribution in [2.75, 3.05) is 7.11 Å². The molecule has 3 aliphatic rings. The molecule has 0 spiro atoms. The van der Waals surface area contributed by atoms with Gasteiger partial charge in [-0.1, -0.05) is 18.2 Å². The van der Waals surface area contributed by atoms with E-state index in [1.165, 1.54) is 14.0 Å². The van der Waals surface area contributed by atoms with Crippen molar-refractivity contribution < 1.29 is 19.4 Å². The van der Waals surface area contributed by atoms with Gasteiger partial charge in [0.05, 0.1) is 18.1 Å². The first-order chi connectivity index (χ1) is 7.34. The lowest BCUT2D eigenvalue weighted by Crippen LogP contribution is -2.56. The zero-order valence-corrected chi connectivity index (χ0v) is 9.48. The van der Waals surface area contributed by atoms with Gasteiger partial charge in [0.15, 0.2) is 5.78 Å². The van der Waals surface area contributed by atoms with E-state index in [0.717, 1.165) is 0 Å². The molecule has 3 aliphatic carbocycles. The SMILES string of the molecule is COC(=O)C1=C[C@H]2C=C[C@]1(C)C(=O)[C@@]2(C)O. The quantitative estimate of drug-likeness (QED) is 0.521. The third kappa shape index (κ3) is 1.13. The summed E-state index contributed by atoms with van der Waals surface area (Å²) in [5.74, 6) is -1.31. The normalized spacial score (nSPS) is 40.9. The fourth-order valence-corrected chi connectivity index (χ4v) is 2.41. The van der Waals surface area contributed by atoms with Crippen molar-refractivity contribution >= 4 is 11.8 Å². The zero-order valence-electron chi connectivity index (χ0n) is 9.48. The number of ketones is 1. The summed E-state index contributed by atoms with van der Waals surface area (Å²) in [7, 11) is 1.28. The average molecular weight is 222 g/mol. The zero-order chi connectivity index (χ0) is 12.1. The Morgan fingerprint density at radius 2 is 2.12 bits per heavy atom. The number of fused-ring (bicyclic) bond motifs is 1. The number of hydrogen-bond donors (Lipinski definition) is 1. The summed E-state index contributed by atoms with van der Waals surface area (Å²) in [6.45, 7) is 3.10. The Kier molecular flexibility index (Phi) is 2.11. The van der Waals surface area contributed by atoms with E-state index in [0.29, 0.717) is 5.57 Å². The Bertz CT molecular complexity index is 430. The first-order valence-electron chi connectivity index (χ1n) is 5.11. The van der Waals surface area contributed by atoms with Gasteiger partial charge < -0.3 is 9.84 Å². The van der Waals surface area contributed by atoms with Crippen molar-refractivity contribution in [3.05, 3.63) is 23.8 Å². The molecule has 0 unspecified atom stereocenters. The van der Waals surface area contributed by atoms with E-state index in [9.17, 15) is 14.7 Å². The van der Waals surface area contributed by atoms with Crippen LogP contribution in [0.3, 0.4) is 0 Å². The number of Topliss-reactive ketones (excluding diaryl/α,β-unsaturated/α-hetero) is 1. The van der Waals surface area contributed by atoms with Gasteiger partial charge in [0, 0.05) is 5.92 Å². The Morgan fingerprint density at radius 3 is 2.69 bits per heavy atom. The predicted molar refractivity (Wildman–Crippen MR) is 56.5 cm³/mol. The number of rotatable bonds is 1. The molecule has 4 nitrogen and oxygen atoms in total. The molecule has 0 aliphatic heterocycles. The molecule has 0 heterocycles. The van der Waals surface area contributed by atoms with Gasteiger partial charge in [-0.15, -0.1) is 0 Å². The van der Waals surface area contributed by atoms with Crippen LogP contribution in [0.1, 0.15) is 13.8 Å². The van der Waals surface area contributed by atoms with E-state index in [1.807, 2.05) is 0 Å². The molecular weight excluding hydrogens is 208 g/mol. The Balaban J connectivity index is 2.56. The van der Waals surface area contributed by atoms with E-state index in [2.05, 4.69) is 4.74 Å². The molecule has 0 radical (unpaired) electrons. The number of aliphatic hydroxyl groups is 1. The summed E-state index contributed by atoms with van der Waals surface area (Å²) < 4.78 is 4.65. The Morgan fingerprint density at radius 1 is 1.50 bits per heavy atom. The van der Waals surface area contributed by atoms with E-state index in [4.69, 9.17) is 0 Å². The molecule has 86 valence electrons. The van der Waals surface area contributed by atoms with Crippen molar-refractivity contribution in [3.8, 4) is 0 Å². The minimum atomic E-state index is -1.43. The number of carbonyl (C=O) groups excluding carboxylic acids is 2. The molecule has 2 bridgehead atoms. The van der Waals surface area contributed by atoms with Crippen LogP contribution < -0.4 is 0 Å². The highest BCUT2D eigenvalue weighted by molar-refractivity contribution is 6.07. The summed E-state index contributed by atoms with van der Waals surface area (Å²) in [6.07, 6.45) is 5.05. The van der Waals surface area contributed by atoms with E-state index < -0.39 is 22.9 Å². The van der Waals surface area contributed by atoms with Gasteiger partial charge in [0.25, 0.3) is 0 Å². The third-order valence-corrected chi connectivity index (χ3v) is 3.53. The molecule has 4 heteroatoms. The first-order valence-corrected chi connectivity index (χ1v) is 5.11. The summed E-state index contributed by atoms with van der Waals surface area (Å²) in [4.78, 5) is 23.7. The molecule has 0 fully saturated rings. The number of allylic oxidation sites excluding steroid dienone is 1. The van der Waals surface area contributed by atoms with E-state index in [-0.39, 0.29) is 5.78 Å². The topological polar surface area (TPSA) is 63.6 Å². The van der Waals surface area contributed by atoms with Gasteiger partial charge in [0.2, 0.25) is 0 Å². The molecule has 0 amide bonds. The maximum absolute atomic E-state index is 12.1. The van der Waals surface area contributed by atoms with Gasteiger partial charge >= 0.3 is 5.97 Å². The number of esters is 1. The molecule has 0 aromatic rings. The molecular formula is C12H14O4. The van der Waals surface area contributed by atoms with Crippen molar-refractivity contribution in [1.29, 1.82) is 0 Å². The van der Waals surface area contributed by atoms with Crippen molar-refractivity contribution in [2.45, 2.75) is 19.4 Å². The minimum absolute atomic E-state index is 0.319. The lowest BCUT2D eigenvalue weighted by Gasteiger charge is -2.45. The molecule has 1 N–H and O–H groups in total. The second-order valence-electron chi connectivity index (χ2n) is 4.64. The molecule has 3 rings (SSSR count). The van der Waals surface area contributed by atoms with Gasteiger partial charge in [-0.2, -0.15) is 0 Å². The summed E-state index contributed by atoms with van der Waals surface area (Å²) in [5, 5.41) is 10.1. The smallest absolute Gasteiger partial charge is 0.334 e. The van der Waals surface area contributed by atoms with Crippen LogP contribution in [0.4, 0.5) is 0 Å². The monoisotopic (exact) mass is 222 g/mol. The standard InChI is InChI=1S/C12H14O4/c1-11-5-4-7(12(2,15)10(11)14)6-8(11)9(13)16-3/h4-7,15H,1-3H3/t7-,11+,12+/m1/s1. The van der Waals surface area contributed by atoms with E-state index in [1.54, 1.807) is 25.2 Å². The second-order valence-corrected chi connectivity index (χ2v) is 4.64. The maximum Gasteiger partial charge on any atom is 0.334 e. The minimum Gasteiger partial charge on any atom is -0.466 e. The van der Waals surface area contributed by atoms with Gasteiger partial charge in [-0.25, -0.2) is 4.79 Å².